The smallest absolute Gasteiger partial charge is 0.267 e. The topological polar surface area (TPSA) is 79.9 Å². The summed E-state index contributed by atoms with van der Waals surface area (Å²) in [6.07, 6.45) is 4.86. The van der Waals surface area contributed by atoms with Gasteiger partial charge in [0.1, 0.15) is 21.5 Å². The molecule has 1 amide bonds. The minimum atomic E-state index is -0.259. The van der Waals surface area contributed by atoms with E-state index in [-0.39, 0.29) is 17.4 Å². The van der Waals surface area contributed by atoms with Crippen molar-refractivity contribution in [3.05, 3.63) is 68.9 Å². The Morgan fingerprint density at radius 3 is 2.81 bits per heavy atom. The van der Waals surface area contributed by atoms with Crippen LogP contribution in [0.1, 0.15) is 30.7 Å². The highest BCUT2D eigenvalue weighted by Gasteiger charge is 2.33. The molecule has 0 bridgehead atoms. The Labute approximate surface area is 189 Å². The summed E-state index contributed by atoms with van der Waals surface area (Å²) in [4.78, 5) is 33.0. The molecule has 1 aliphatic heterocycles. The van der Waals surface area contributed by atoms with E-state index in [1.807, 2.05) is 32.9 Å². The maximum atomic E-state index is 13.3. The van der Waals surface area contributed by atoms with E-state index in [2.05, 4.69) is 10.3 Å². The molecule has 160 valence electrons. The average molecular weight is 455 g/mol. The summed E-state index contributed by atoms with van der Waals surface area (Å²) in [6.45, 7) is 6.85. The molecule has 0 aromatic carbocycles. The van der Waals surface area contributed by atoms with Crippen LogP contribution in [0.2, 0.25) is 0 Å². The molecule has 9 heteroatoms. The van der Waals surface area contributed by atoms with Gasteiger partial charge in [-0.2, -0.15) is 0 Å². The number of aromatic nitrogens is 2. The lowest BCUT2D eigenvalue weighted by Crippen LogP contribution is -2.31. The number of pyridine rings is 1. The van der Waals surface area contributed by atoms with E-state index in [0.717, 1.165) is 5.56 Å². The van der Waals surface area contributed by atoms with Gasteiger partial charge in [-0.25, -0.2) is 4.98 Å². The molecule has 3 aromatic rings. The number of anilines is 1. The Balaban J connectivity index is 1.80. The van der Waals surface area contributed by atoms with Crippen LogP contribution in [0.3, 0.4) is 0 Å². The van der Waals surface area contributed by atoms with Crippen LogP contribution in [0.25, 0.3) is 11.7 Å². The van der Waals surface area contributed by atoms with Crippen LogP contribution in [-0.4, -0.2) is 31.1 Å². The van der Waals surface area contributed by atoms with E-state index >= 15 is 0 Å². The first-order chi connectivity index (χ1) is 14.8. The average Bonchev–Trinajstić information content (AvgIpc) is 3.33. The van der Waals surface area contributed by atoms with Crippen molar-refractivity contribution in [2.24, 2.45) is 5.92 Å². The Morgan fingerprint density at radius 2 is 2.10 bits per heavy atom. The van der Waals surface area contributed by atoms with Crippen molar-refractivity contribution in [2.45, 2.75) is 27.3 Å². The SMILES string of the molecule is Cc1cccn2c(=O)c(/C=C3\SC(=S)N(CC(C)C)C3=O)c(NCc3ccco3)nc12. The fraction of sp³-hybridized carbons (Fsp3) is 0.273. The van der Waals surface area contributed by atoms with Gasteiger partial charge in [0.15, 0.2) is 0 Å². The van der Waals surface area contributed by atoms with E-state index in [9.17, 15) is 9.59 Å². The molecule has 4 rings (SSSR count). The first kappa shape index (κ1) is 21.3. The lowest BCUT2D eigenvalue weighted by molar-refractivity contribution is -0.122. The summed E-state index contributed by atoms with van der Waals surface area (Å²) in [5.41, 5.74) is 1.47. The molecule has 0 atom stereocenters. The van der Waals surface area contributed by atoms with Crippen LogP contribution in [0.5, 0.6) is 0 Å². The third-order valence-corrected chi connectivity index (χ3v) is 6.17. The zero-order chi connectivity index (χ0) is 22.1. The third-order valence-electron chi connectivity index (χ3n) is 4.79. The second-order valence-corrected chi connectivity index (χ2v) is 9.36. The van der Waals surface area contributed by atoms with Crippen molar-refractivity contribution in [3.63, 3.8) is 0 Å². The summed E-state index contributed by atoms with van der Waals surface area (Å²) < 4.78 is 7.37. The molecule has 1 fully saturated rings. The molecular formula is C22H22N4O3S2. The van der Waals surface area contributed by atoms with Crippen LogP contribution >= 0.6 is 24.0 Å². The quantitative estimate of drug-likeness (QED) is 0.444. The zero-order valence-corrected chi connectivity index (χ0v) is 19.0. The monoisotopic (exact) mass is 454 g/mol. The molecule has 7 nitrogen and oxygen atoms in total. The Bertz CT molecular complexity index is 1250. The van der Waals surface area contributed by atoms with Crippen molar-refractivity contribution in [1.82, 2.24) is 14.3 Å². The molecule has 0 unspecified atom stereocenters. The van der Waals surface area contributed by atoms with Gasteiger partial charge in [0.2, 0.25) is 0 Å². The summed E-state index contributed by atoms with van der Waals surface area (Å²) in [5, 5.41) is 3.19. The highest BCUT2D eigenvalue weighted by atomic mass is 32.2. The Kier molecular flexibility index (Phi) is 5.97. The number of hydrogen-bond acceptors (Lipinski definition) is 7. The molecule has 1 aliphatic rings. The number of rotatable bonds is 6. The number of carbonyl (C=O) groups excluding carboxylic acids is 1. The third kappa shape index (κ3) is 4.28. The van der Waals surface area contributed by atoms with Crippen molar-refractivity contribution in [1.29, 1.82) is 0 Å². The normalized spacial score (nSPS) is 15.6. The van der Waals surface area contributed by atoms with Crippen LogP contribution in [0.15, 0.2) is 50.8 Å². The van der Waals surface area contributed by atoms with Crippen LogP contribution in [-0.2, 0) is 11.3 Å². The van der Waals surface area contributed by atoms with Crippen molar-refractivity contribution >= 4 is 51.7 Å². The highest BCUT2D eigenvalue weighted by molar-refractivity contribution is 8.26. The number of thiocarbonyl (C=S) groups is 1. The van der Waals surface area contributed by atoms with Gasteiger partial charge in [-0.05, 0) is 42.7 Å². The van der Waals surface area contributed by atoms with Crippen LogP contribution in [0.4, 0.5) is 5.82 Å². The molecule has 4 heterocycles. The number of amides is 1. The number of carbonyl (C=O) groups is 1. The number of aryl methyl sites for hydroxylation is 1. The standard InChI is InChI=1S/C22H22N4O3S2/c1-13(2)12-26-21(28)17(31-22(26)30)10-16-18(23-11-15-7-5-9-29-15)24-19-14(3)6-4-8-25(19)20(16)27/h4-10,13,23H,11-12H2,1-3H3/b17-10-. The van der Waals surface area contributed by atoms with E-state index < -0.39 is 0 Å². The van der Waals surface area contributed by atoms with Crippen LogP contribution in [0, 0.1) is 12.8 Å². The van der Waals surface area contributed by atoms with Crippen molar-refractivity contribution in [3.8, 4) is 0 Å². The maximum Gasteiger partial charge on any atom is 0.267 e. The number of thioether (sulfide) groups is 1. The summed E-state index contributed by atoms with van der Waals surface area (Å²) in [5.74, 6) is 1.20. The molecule has 31 heavy (non-hydrogen) atoms. The lowest BCUT2D eigenvalue weighted by Gasteiger charge is -2.16. The van der Waals surface area contributed by atoms with Gasteiger partial charge in [-0.3, -0.25) is 18.9 Å². The second-order valence-electron chi connectivity index (χ2n) is 7.68. The first-order valence-electron chi connectivity index (χ1n) is 9.88. The summed E-state index contributed by atoms with van der Waals surface area (Å²) >= 11 is 6.60. The molecule has 0 spiro atoms. The Morgan fingerprint density at radius 1 is 1.29 bits per heavy atom. The maximum absolute atomic E-state index is 13.3. The number of nitrogens with one attached hydrogen (secondary N) is 1. The fourth-order valence-corrected chi connectivity index (χ4v) is 4.57. The molecule has 0 saturated carbocycles. The van der Waals surface area contributed by atoms with Gasteiger partial charge in [0.25, 0.3) is 11.5 Å². The van der Waals surface area contributed by atoms with Gasteiger partial charge in [-0.1, -0.05) is 43.9 Å². The minimum Gasteiger partial charge on any atom is -0.467 e. The van der Waals surface area contributed by atoms with E-state index in [1.54, 1.807) is 35.6 Å². The Hall–Kier alpha value is -2.91. The number of hydrogen-bond donors (Lipinski definition) is 1. The van der Waals surface area contributed by atoms with Crippen LogP contribution < -0.4 is 10.9 Å². The van der Waals surface area contributed by atoms with Crippen molar-refractivity contribution in [2.75, 3.05) is 11.9 Å². The second kappa shape index (κ2) is 8.68. The van der Waals surface area contributed by atoms with Gasteiger partial charge in [0.05, 0.1) is 23.3 Å². The van der Waals surface area contributed by atoms with E-state index in [0.29, 0.717) is 45.1 Å². The zero-order valence-electron chi connectivity index (χ0n) is 17.4. The molecule has 0 aliphatic carbocycles. The van der Waals surface area contributed by atoms with Gasteiger partial charge in [-0.15, -0.1) is 0 Å². The lowest BCUT2D eigenvalue weighted by atomic mass is 10.2. The van der Waals surface area contributed by atoms with Gasteiger partial charge < -0.3 is 9.73 Å². The number of nitrogens with zero attached hydrogens (tertiary/aromatic N) is 3. The molecule has 3 aromatic heterocycles. The van der Waals surface area contributed by atoms with Crippen molar-refractivity contribution < 1.29 is 9.21 Å². The number of fused-ring (bicyclic) bond motifs is 1. The predicted octanol–water partition coefficient (Wildman–Crippen LogP) is 4.07. The molecule has 1 N–H and O–H groups in total. The molecule has 0 radical (unpaired) electrons. The fourth-order valence-electron chi connectivity index (χ4n) is 3.31. The minimum absolute atomic E-state index is 0.186. The number of furan rings is 1. The van der Waals surface area contributed by atoms with E-state index in [4.69, 9.17) is 16.6 Å². The van der Waals surface area contributed by atoms with Gasteiger partial charge >= 0.3 is 0 Å². The highest BCUT2D eigenvalue weighted by Crippen LogP contribution is 2.33. The first-order valence-corrected chi connectivity index (χ1v) is 11.1. The molecular weight excluding hydrogens is 432 g/mol. The summed E-state index contributed by atoms with van der Waals surface area (Å²) in [6, 6.07) is 7.33. The largest absolute Gasteiger partial charge is 0.467 e. The predicted molar refractivity (Wildman–Crippen MR) is 127 cm³/mol. The molecule has 1 saturated heterocycles. The van der Waals surface area contributed by atoms with E-state index in [1.165, 1.54) is 16.2 Å². The summed E-state index contributed by atoms with van der Waals surface area (Å²) in [7, 11) is 0. The van der Waals surface area contributed by atoms with Gasteiger partial charge in [0, 0.05) is 12.7 Å².